The van der Waals surface area contributed by atoms with E-state index < -0.39 is 0 Å². The Morgan fingerprint density at radius 3 is 3.00 bits per heavy atom. The predicted molar refractivity (Wildman–Crippen MR) is 69.7 cm³/mol. The largest absolute Gasteiger partial charge is 0.411 e. The zero-order valence-corrected chi connectivity index (χ0v) is 11.0. The number of hydrogen-bond acceptors (Lipinski definition) is 3. The van der Waals surface area contributed by atoms with Crippen molar-refractivity contribution < 1.29 is 9.60 Å². The highest BCUT2D eigenvalue weighted by Crippen LogP contribution is 2.21. The fourth-order valence-electron chi connectivity index (χ4n) is 2.31. The second kappa shape index (κ2) is 5.67. The first-order valence-corrected chi connectivity index (χ1v) is 6.35. The molecule has 1 heterocycles. The van der Waals surface area contributed by atoms with Gasteiger partial charge in [0.05, 0.1) is 10.7 Å². The van der Waals surface area contributed by atoms with Crippen molar-refractivity contribution >= 4 is 17.3 Å². The third kappa shape index (κ3) is 2.82. The van der Waals surface area contributed by atoms with Crippen LogP contribution in [0.5, 0.6) is 0 Å². The van der Waals surface area contributed by atoms with Gasteiger partial charge in [0.15, 0.2) is 0 Å². The van der Waals surface area contributed by atoms with Crippen molar-refractivity contribution in [2.24, 2.45) is 11.1 Å². The highest BCUT2D eigenvalue weighted by molar-refractivity contribution is 6.30. The van der Waals surface area contributed by atoms with Crippen LogP contribution in [0.15, 0.2) is 23.4 Å². The van der Waals surface area contributed by atoms with E-state index in [2.05, 4.69) is 10.1 Å². The first-order chi connectivity index (χ1) is 8.61. The molecule has 0 amide bonds. The van der Waals surface area contributed by atoms with E-state index in [0.29, 0.717) is 12.1 Å². The molecule has 1 atom stereocenters. The highest BCUT2D eigenvalue weighted by atomic mass is 35.5. The Labute approximate surface area is 111 Å². The lowest BCUT2D eigenvalue weighted by Gasteiger charge is -2.31. The zero-order chi connectivity index (χ0) is 13.1. The van der Waals surface area contributed by atoms with E-state index in [1.807, 2.05) is 6.92 Å². The molecular formula is C13H16ClFN2O. The Balaban J connectivity index is 2.05. The average molecular weight is 271 g/mol. The van der Waals surface area contributed by atoms with Crippen molar-refractivity contribution in [3.63, 3.8) is 0 Å². The Bertz CT molecular complexity index is 464. The molecule has 1 N–H and O–H groups in total. The van der Waals surface area contributed by atoms with Crippen molar-refractivity contribution in [2.75, 3.05) is 13.1 Å². The minimum Gasteiger partial charge on any atom is -0.411 e. The van der Waals surface area contributed by atoms with Gasteiger partial charge in [0.2, 0.25) is 0 Å². The van der Waals surface area contributed by atoms with Gasteiger partial charge in [-0.15, -0.1) is 0 Å². The number of oxime groups is 1. The molecule has 0 spiro atoms. The van der Waals surface area contributed by atoms with E-state index in [1.54, 1.807) is 18.2 Å². The molecule has 1 saturated heterocycles. The predicted octanol–water partition coefficient (Wildman–Crippen LogP) is 3.15. The SMILES string of the molecule is CC1CN(Cc2cccc(Cl)c2F)CC/C1=N\O. The summed E-state index contributed by atoms with van der Waals surface area (Å²) in [7, 11) is 0. The average Bonchev–Trinajstić information content (AvgIpc) is 2.35. The maximum atomic E-state index is 13.8. The summed E-state index contributed by atoms with van der Waals surface area (Å²) < 4.78 is 13.8. The van der Waals surface area contributed by atoms with E-state index in [4.69, 9.17) is 16.8 Å². The third-order valence-corrected chi connectivity index (χ3v) is 3.63. The summed E-state index contributed by atoms with van der Waals surface area (Å²) in [6.45, 7) is 4.09. The van der Waals surface area contributed by atoms with E-state index in [9.17, 15) is 4.39 Å². The van der Waals surface area contributed by atoms with Crippen molar-refractivity contribution in [1.82, 2.24) is 4.90 Å². The minimum atomic E-state index is -0.339. The zero-order valence-electron chi connectivity index (χ0n) is 10.2. The lowest BCUT2D eigenvalue weighted by Crippen LogP contribution is -2.39. The Morgan fingerprint density at radius 2 is 2.33 bits per heavy atom. The first-order valence-electron chi connectivity index (χ1n) is 5.98. The number of halogens is 2. The molecule has 98 valence electrons. The number of benzene rings is 1. The molecule has 1 aliphatic heterocycles. The quantitative estimate of drug-likeness (QED) is 0.662. The Morgan fingerprint density at radius 1 is 1.56 bits per heavy atom. The fourth-order valence-corrected chi connectivity index (χ4v) is 2.50. The van der Waals surface area contributed by atoms with Crippen molar-refractivity contribution in [3.05, 3.63) is 34.6 Å². The van der Waals surface area contributed by atoms with Crippen LogP contribution in [0.2, 0.25) is 5.02 Å². The maximum Gasteiger partial charge on any atom is 0.146 e. The van der Waals surface area contributed by atoms with Crippen LogP contribution < -0.4 is 0 Å². The summed E-state index contributed by atoms with van der Waals surface area (Å²) in [5.41, 5.74) is 1.43. The summed E-state index contributed by atoms with van der Waals surface area (Å²) in [5.74, 6) is -0.139. The summed E-state index contributed by atoms with van der Waals surface area (Å²) in [6, 6.07) is 5.06. The Hall–Kier alpha value is -1.13. The number of likely N-dealkylation sites (tertiary alicyclic amines) is 1. The van der Waals surface area contributed by atoms with Crippen LogP contribution in [0.1, 0.15) is 18.9 Å². The topological polar surface area (TPSA) is 35.8 Å². The summed E-state index contributed by atoms with van der Waals surface area (Å²) >= 11 is 5.76. The van der Waals surface area contributed by atoms with Crippen molar-refractivity contribution in [1.29, 1.82) is 0 Å². The van der Waals surface area contributed by atoms with Gasteiger partial charge in [-0.3, -0.25) is 4.90 Å². The van der Waals surface area contributed by atoms with E-state index in [0.717, 1.165) is 25.2 Å². The van der Waals surface area contributed by atoms with Gasteiger partial charge < -0.3 is 5.21 Å². The van der Waals surface area contributed by atoms with Crippen LogP contribution in [0.4, 0.5) is 4.39 Å². The van der Waals surface area contributed by atoms with Gasteiger partial charge in [-0.05, 0) is 6.07 Å². The van der Waals surface area contributed by atoms with E-state index in [-0.39, 0.29) is 16.8 Å². The van der Waals surface area contributed by atoms with Gasteiger partial charge in [0.25, 0.3) is 0 Å². The van der Waals surface area contributed by atoms with Gasteiger partial charge in [-0.25, -0.2) is 4.39 Å². The molecule has 0 aliphatic carbocycles. The number of hydrogen-bond donors (Lipinski definition) is 1. The molecule has 1 fully saturated rings. The molecule has 1 aliphatic rings. The molecule has 5 heteroatoms. The monoisotopic (exact) mass is 270 g/mol. The second-order valence-electron chi connectivity index (χ2n) is 4.69. The van der Waals surface area contributed by atoms with E-state index in [1.165, 1.54) is 0 Å². The summed E-state index contributed by atoms with van der Waals surface area (Å²) in [6.07, 6.45) is 0.722. The first kappa shape index (κ1) is 13.3. The molecule has 0 saturated carbocycles. The maximum absolute atomic E-state index is 13.8. The smallest absolute Gasteiger partial charge is 0.146 e. The van der Waals surface area contributed by atoms with Gasteiger partial charge in [0.1, 0.15) is 5.82 Å². The molecule has 0 aromatic heterocycles. The standard InChI is InChI=1S/C13H16ClFN2O/c1-9-7-17(6-5-12(9)16-18)8-10-3-2-4-11(14)13(10)15/h2-4,9,18H,5-8H2,1H3/b16-12+. The van der Waals surface area contributed by atoms with Crippen molar-refractivity contribution in [2.45, 2.75) is 19.9 Å². The van der Waals surface area contributed by atoms with Crippen LogP contribution >= 0.6 is 11.6 Å². The van der Waals surface area contributed by atoms with Crippen LogP contribution in [0.3, 0.4) is 0 Å². The normalized spacial score (nSPS) is 23.5. The molecule has 0 bridgehead atoms. The van der Waals surface area contributed by atoms with Crippen molar-refractivity contribution in [3.8, 4) is 0 Å². The van der Waals surface area contributed by atoms with Crippen LogP contribution in [-0.4, -0.2) is 28.9 Å². The van der Waals surface area contributed by atoms with Gasteiger partial charge in [0, 0.05) is 37.5 Å². The van der Waals surface area contributed by atoms with Crippen LogP contribution in [0.25, 0.3) is 0 Å². The number of nitrogens with zero attached hydrogens (tertiary/aromatic N) is 2. The molecule has 1 aromatic rings. The molecule has 3 nitrogen and oxygen atoms in total. The van der Waals surface area contributed by atoms with Gasteiger partial charge >= 0.3 is 0 Å². The number of piperidine rings is 1. The summed E-state index contributed by atoms with van der Waals surface area (Å²) in [4.78, 5) is 2.15. The molecule has 0 radical (unpaired) electrons. The molecule has 2 rings (SSSR count). The molecular weight excluding hydrogens is 255 g/mol. The third-order valence-electron chi connectivity index (χ3n) is 3.34. The minimum absolute atomic E-state index is 0.162. The number of rotatable bonds is 2. The van der Waals surface area contributed by atoms with Crippen LogP contribution in [0, 0.1) is 11.7 Å². The fraction of sp³-hybridized carbons (Fsp3) is 0.462. The van der Waals surface area contributed by atoms with Gasteiger partial charge in [-0.2, -0.15) is 0 Å². The summed E-state index contributed by atoms with van der Waals surface area (Å²) in [5, 5.41) is 12.3. The Kier molecular flexibility index (Phi) is 4.19. The molecule has 1 unspecified atom stereocenters. The lowest BCUT2D eigenvalue weighted by molar-refractivity contribution is 0.226. The second-order valence-corrected chi connectivity index (χ2v) is 5.10. The van der Waals surface area contributed by atoms with Crippen LogP contribution in [-0.2, 0) is 6.54 Å². The van der Waals surface area contributed by atoms with Gasteiger partial charge in [-0.1, -0.05) is 35.8 Å². The lowest BCUT2D eigenvalue weighted by atomic mass is 9.97. The molecule has 18 heavy (non-hydrogen) atoms. The molecule has 1 aromatic carbocycles. The highest BCUT2D eigenvalue weighted by Gasteiger charge is 2.23. The van der Waals surface area contributed by atoms with E-state index >= 15 is 0 Å².